The van der Waals surface area contributed by atoms with Crippen LogP contribution in [0.15, 0.2) is 79.4 Å². The van der Waals surface area contributed by atoms with Gasteiger partial charge < -0.3 is 10.6 Å². The second-order valence-electron chi connectivity index (χ2n) is 8.19. The Morgan fingerprint density at radius 1 is 0.939 bits per heavy atom. The molecule has 6 nitrogen and oxygen atoms in total. The average molecular weight is 440 g/mol. The normalized spacial score (nSPS) is 16.9. The number of benzene rings is 2. The summed E-state index contributed by atoms with van der Waals surface area (Å²) in [6.07, 6.45) is 6.93. The Balaban J connectivity index is 1.17. The number of aromatic nitrogens is 2. The van der Waals surface area contributed by atoms with E-state index in [9.17, 15) is 14.0 Å². The molecule has 1 aliphatic carbocycles. The third-order valence-electron chi connectivity index (χ3n) is 5.85. The van der Waals surface area contributed by atoms with Crippen molar-refractivity contribution in [2.75, 3.05) is 5.32 Å². The summed E-state index contributed by atoms with van der Waals surface area (Å²) in [4.78, 5) is 32.9. The van der Waals surface area contributed by atoms with Gasteiger partial charge in [-0.25, -0.2) is 4.39 Å². The molecule has 0 saturated heterocycles. The molecule has 0 spiro atoms. The highest BCUT2D eigenvalue weighted by Crippen LogP contribution is 2.48. The molecule has 0 bridgehead atoms. The lowest BCUT2D eigenvalue weighted by Crippen LogP contribution is -2.22. The van der Waals surface area contributed by atoms with E-state index < -0.39 is 5.82 Å². The van der Waals surface area contributed by atoms with E-state index in [1.54, 1.807) is 24.5 Å². The van der Waals surface area contributed by atoms with Gasteiger partial charge in [0.05, 0.1) is 6.20 Å². The maximum absolute atomic E-state index is 13.2. The van der Waals surface area contributed by atoms with Crippen LogP contribution < -0.4 is 10.6 Å². The first-order valence-corrected chi connectivity index (χ1v) is 10.7. The average Bonchev–Trinajstić information content (AvgIpc) is 3.64. The lowest BCUT2D eigenvalue weighted by Gasteiger charge is -2.08. The number of hydrogen-bond acceptors (Lipinski definition) is 4. The van der Waals surface area contributed by atoms with Gasteiger partial charge in [0, 0.05) is 47.7 Å². The number of nitrogens with one attached hydrogen (secondary N) is 2. The van der Waals surface area contributed by atoms with Crippen LogP contribution in [-0.4, -0.2) is 21.8 Å². The van der Waals surface area contributed by atoms with Gasteiger partial charge in [0.1, 0.15) is 5.82 Å². The molecular formula is C26H21FN4O2. The first-order valence-electron chi connectivity index (χ1n) is 10.7. The van der Waals surface area contributed by atoms with Crippen LogP contribution in [0.4, 0.5) is 10.1 Å². The van der Waals surface area contributed by atoms with E-state index in [1.165, 1.54) is 12.3 Å². The maximum Gasteiger partial charge on any atom is 0.251 e. The van der Waals surface area contributed by atoms with E-state index in [-0.39, 0.29) is 30.2 Å². The van der Waals surface area contributed by atoms with Gasteiger partial charge in [-0.15, -0.1) is 0 Å². The van der Waals surface area contributed by atoms with Crippen LogP contribution in [0, 0.1) is 11.7 Å². The Labute approximate surface area is 189 Å². The number of hydrogen-bond donors (Lipinski definition) is 2. The van der Waals surface area contributed by atoms with Crippen LogP contribution in [0.25, 0.3) is 10.8 Å². The Bertz CT molecular complexity index is 1340. The number of amides is 2. The van der Waals surface area contributed by atoms with E-state index in [2.05, 4.69) is 20.6 Å². The second-order valence-corrected chi connectivity index (χ2v) is 8.19. The van der Waals surface area contributed by atoms with Crippen molar-refractivity contribution in [1.29, 1.82) is 0 Å². The van der Waals surface area contributed by atoms with Crippen LogP contribution >= 0.6 is 0 Å². The summed E-state index contributed by atoms with van der Waals surface area (Å²) in [5.74, 6) is -0.628. The lowest BCUT2D eigenvalue weighted by atomic mass is 10.1. The van der Waals surface area contributed by atoms with Gasteiger partial charge in [-0.3, -0.25) is 19.6 Å². The van der Waals surface area contributed by atoms with Gasteiger partial charge in [0.25, 0.3) is 5.91 Å². The minimum atomic E-state index is -0.438. The van der Waals surface area contributed by atoms with Crippen LogP contribution in [0.3, 0.4) is 0 Å². The van der Waals surface area contributed by atoms with Crippen molar-refractivity contribution < 1.29 is 14.0 Å². The van der Waals surface area contributed by atoms with Gasteiger partial charge in [-0.2, -0.15) is 0 Å². The smallest absolute Gasteiger partial charge is 0.251 e. The number of carbonyl (C=O) groups is 2. The molecule has 2 heterocycles. The minimum Gasteiger partial charge on any atom is -0.348 e. The van der Waals surface area contributed by atoms with E-state index in [0.717, 1.165) is 34.6 Å². The van der Waals surface area contributed by atoms with Gasteiger partial charge >= 0.3 is 0 Å². The Morgan fingerprint density at radius 2 is 1.79 bits per heavy atom. The van der Waals surface area contributed by atoms with E-state index in [1.807, 2.05) is 36.4 Å². The van der Waals surface area contributed by atoms with Gasteiger partial charge in [0.15, 0.2) is 0 Å². The van der Waals surface area contributed by atoms with Gasteiger partial charge in [0.2, 0.25) is 5.91 Å². The number of pyridine rings is 2. The molecule has 33 heavy (non-hydrogen) atoms. The molecule has 1 aliphatic rings. The Hall–Kier alpha value is -4.13. The fourth-order valence-electron chi connectivity index (χ4n) is 3.97. The molecule has 1 fully saturated rings. The van der Waals surface area contributed by atoms with Crippen LogP contribution in [0.2, 0.25) is 0 Å². The summed E-state index contributed by atoms with van der Waals surface area (Å²) in [7, 11) is 0. The van der Waals surface area contributed by atoms with Gasteiger partial charge in [-0.1, -0.05) is 18.2 Å². The molecule has 5 rings (SSSR count). The first-order chi connectivity index (χ1) is 16.1. The monoisotopic (exact) mass is 440 g/mol. The molecule has 2 atom stereocenters. The fourth-order valence-corrected chi connectivity index (χ4v) is 3.97. The van der Waals surface area contributed by atoms with Crippen molar-refractivity contribution in [1.82, 2.24) is 15.3 Å². The molecule has 2 amide bonds. The largest absolute Gasteiger partial charge is 0.348 e. The fraction of sp³-hybridized carbons (Fsp3) is 0.154. The third-order valence-corrected chi connectivity index (χ3v) is 5.85. The van der Waals surface area contributed by atoms with E-state index >= 15 is 0 Å². The predicted molar refractivity (Wildman–Crippen MR) is 123 cm³/mol. The molecule has 0 unspecified atom stereocenters. The standard InChI is InChI=1S/C26H21FN4O2/c27-21-9-16(12-29-15-21)13-30-25(32)18-3-1-17(2-4-18)23-11-24(23)26(33)31-22-6-5-20-14-28-8-7-19(20)10-22/h1-10,12,14-15,23-24H,11,13H2,(H,30,32)(H,31,33)/t23-,24+/m0/s1. The Kier molecular flexibility index (Phi) is 5.52. The highest BCUT2D eigenvalue weighted by molar-refractivity contribution is 5.97. The molecule has 2 N–H and O–H groups in total. The van der Waals surface area contributed by atoms with Crippen molar-refractivity contribution >= 4 is 28.3 Å². The van der Waals surface area contributed by atoms with Crippen molar-refractivity contribution in [2.24, 2.45) is 5.92 Å². The molecule has 2 aromatic heterocycles. The SMILES string of the molecule is O=C(NCc1cncc(F)c1)c1ccc([C@@H]2C[C@H]2C(=O)Nc2ccc3cnccc3c2)cc1. The van der Waals surface area contributed by atoms with Gasteiger partial charge in [-0.05, 0) is 65.3 Å². The van der Waals surface area contributed by atoms with Crippen molar-refractivity contribution in [3.8, 4) is 0 Å². The Morgan fingerprint density at radius 3 is 2.61 bits per heavy atom. The first kappa shape index (κ1) is 20.8. The summed E-state index contributed by atoms with van der Waals surface area (Å²) in [6.45, 7) is 0.196. The summed E-state index contributed by atoms with van der Waals surface area (Å²) >= 11 is 0. The zero-order valence-electron chi connectivity index (χ0n) is 17.7. The predicted octanol–water partition coefficient (Wildman–Crippen LogP) is 4.44. The topological polar surface area (TPSA) is 84.0 Å². The van der Waals surface area contributed by atoms with Crippen molar-refractivity contribution in [2.45, 2.75) is 18.9 Å². The molecule has 7 heteroatoms. The molecule has 2 aromatic carbocycles. The van der Waals surface area contributed by atoms with Crippen molar-refractivity contribution in [3.63, 3.8) is 0 Å². The van der Waals surface area contributed by atoms with Crippen molar-refractivity contribution in [3.05, 3.63) is 102 Å². The third kappa shape index (κ3) is 4.72. The number of anilines is 1. The highest BCUT2D eigenvalue weighted by Gasteiger charge is 2.43. The second kappa shape index (κ2) is 8.78. The summed E-state index contributed by atoms with van der Waals surface area (Å²) in [5.41, 5.74) is 2.90. The summed E-state index contributed by atoms with van der Waals surface area (Å²) in [5, 5.41) is 7.82. The number of rotatable bonds is 6. The summed E-state index contributed by atoms with van der Waals surface area (Å²) < 4.78 is 13.2. The quantitative estimate of drug-likeness (QED) is 0.464. The van der Waals surface area contributed by atoms with E-state index in [0.29, 0.717) is 11.1 Å². The van der Waals surface area contributed by atoms with E-state index in [4.69, 9.17) is 0 Å². The molecular weight excluding hydrogens is 419 g/mol. The molecule has 4 aromatic rings. The maximum atomic E-state index is 13.2. The minimum absolute atomic E-state index is 0.000992. The van der Waals surface area contributed by atoms with Crippen LogP contribution in [-0.2, 0) is 11.3 Å². The number of nitrogens with zero attached hydrogens (tertiary/aromatic N) is 2. The molecule has 0 radical (unpaired) electrons. The molecule has 0 aliphatic heterocycles. The van der Waals surface area contributed by atoms with Crippen LogP contribution in [0.1, 0.15) is 33.8 Å². The number of carbonyl (C=O) groups excluding carboxylic acids is 2. The lowest BCUT2D eigenvalue weighted by molar-refractivity contribution is -0.117. The summed E-state index contributed by atoms with van der Waals surface area (Å²) in [6, 6.07) is 16.3. The molecule has 1 saturated carbocycles. The van der Waals surface area contributed by atoms with Crippen LogP contribution in [0.5, 0.6) is 0 Å². The zero-order valence-corrected chi connectivity index (χ0v) is 17.7. The zero-order chi connectivity index (χ0) is 22.8. The highest BCUT2D eigenvalue weighted by atomic mass is 19.1. The molecule has 164 valence electrons. The number of fused-ring (bicyclic) bond motifs is 1. The number of halogens is 1.